The van der Waals surface area contributed by atoms with Gasteiger partial charge in [-0.1, -0.05) is 42.0 Å². The molecule has 5 nitrogen and oxygen atoms in total. The molecule has 0 radical (unpaired) electrons. The zero-order valence-corrected chi connectivity index (χ0v) is 14.4. The molecule has 1 aromatic heterocycles. The molecule has 3 aromatic rings. The smallest absolute Gasteiger partial charge is 0.232 e. The molecule has 0 aliphatic heterocycles. The Morgan fingerprint density at radius 1 is 1.08 bits per heavy atom. The molecule has 0 bridgehead atoms. The largest absolute Gasteiger partial charge is 0.504 e. The first kappa shape index (κ1) is 17.2. The van der Waals surface area contributed by atoms with Gasteiger partial charge < -0.3 is 9.84 Å². The van der Waals surface area contributed by atoms with Gasteiger partial charge in [-0.25, -0.2) is 4.98 Å². The molecule has 1 heterocycles. The fourth-order valence-corrected chi connectivity index (χ4v) is 2.75. The third-order valence-corrected chi connectivity index (χ3v) is 4.01. The normalized spacial score (nSPS) is 10.2. The number of aromatic nitrogens is 1. The van der Waals surface area contributed by atoms with Crippen LogP contribution in [0.5, 0.6) is 11.6 Å². The van der Waals surface area contributed by atoms with Crippen LogP contribution in [-0.4, -0.2) is 17.2 Å². The van der Waals surface area contributed by atoms with Crippen molar-refractivity contribution in [1.82, 2.24) is 4.98 Å². The van der Waals surface area contributed by atoms with Crippen LogP contribution >= 0.6 is 0 Å². The molecule has 0 saturated heterocycles. The van der Waals surface area contributed by atoms with E-state index < -0.39 is 11.2 Å². The Kier molecular flexibility index (Phi) is 4.68. The zero-order valence-electron chi connectivity index (χ0n) is 14.4. The van der Waals surface area contributed by atoms with Crippen LogP contribution in [-0.2, 0) is 0 Å². The quantitative estimate of drug-likeness (QED) is 0.784. The standard InChI is InChI=1S/C21H16N2O3/c1-13-6-5-7-14(10-13)16-11-18(23-21(26-2)17(16)12-22)15-8-3-4-9-19(24)20(15)25/h3-11H,1-2H3,(H,24,25). The monoisotopic (exact) mass is 344 g/mol. The average Bonchev–Trinajstić information content (AvgIpc) is 2.82. The van der Waals surface area contributed by atoms with Crippen LogP contribution in [0.3, 0.4) is 0 Å². The summed E-state index contributed by atoms with van der Waals surface area (Å²) in [5.41, 5.74) is 2.90. The molecule has 0 saturated carbocycles. The number of hydrogen-bond acceptors (Lipinski definition) is 5. The van der Waals surface area contributed by atoms with Crippen molar-refractivity contribution in [3.8, 4) is 40.1 Å². The van der Waals surface area contributed by atoms with Crippen molar-refractivity contribution in [1.29, 1.82) is 5.26 Å². The molecule has 0 aliphatic carbocycles. The van der Waals surface area contributed by atoms with E-state index in [0.717, 1.165) is 11.1 Å². The molecule has 0 amide bonds. The van der Waals surface area contributed by atoms with E-state index in [1.807, 2.05) is 31.2 Å². The van der Waals surface area contributed by atoms with Gasteiger partial charge in [0.05, 0.1) is 12.8 Å². The van der Waals surface area contributed by atoms with E-state index in [1.54, 1.807) is 24.3 Å². The molecule has 0 unspecified atom stereocenters. The lowest BCUT2D eigenvalue weighted by Gasteiger charge is -2.12. The van der Waals surface area contributed by atoms with Gasteiger partial charge in [-0.3, -0.25) is 4.79 Å². The number of benzene rings is 1. The first-order valence-electron chi connectivity index (χ1n) is 7.94. The van der Waals surface area contributed by atoms with Crippen molar-refractivity contribution in [3.05, 3.63) is 75.9 Å². The number of methoxy groups -OCH3 is 1. The van der Waals surface area contributed by atoms with Crippen LogP contribution in [0.1, 0.15) is 11.1 Å². The highest BCUT2D eigenvalue weighted by molar-refractivity contribution is 5.79. The third-order valence-electron chi connectivity index (χ3n) is 4.01. The Labute approximate surface area is 150 Å². The molecule has 2 aromatic carbocycles. The van der Waals surface area contributed by atoms with Gasteiger partial charge in [-0.15, -0.1) is 0 Å². The summed E-state index contributed by atoms with van der Waals surface area (Å²) in [6.07, 6.45) is 0. The molecule has 1 N–H and O–H groups in total. The van der Waals surface area contributed by atoms with E-state index in [2.05, 4.69) is 11.1 Å². The second-order valence-electron chi connectivity index (χ2n) is 5.77. The van der Waals surface area contributed by atoms with Crippen LogP contribution in [0.2, 0.25) is 0 Å². The van der Waals surface area contributed by atoms with Crippen molar-refractivity contribution in [2.45, 2.75) is 6.92 Å². The van der Waals surface area contributed by atoms with Gasteiger partial charge in [-0.05, 0) is 30.7 Å². The number of aromatic hydroxyl groups is 1. The van der Waals surface area contributed by atoms with E-state index in [4.69, 9.17) is 4.74 Å². The molecule has 0 spiro atoms. The summed E-state index contributed by atoms with van der Waals surface area (Å²) in [5, 5.41) is 19.8. The molecule has 128 valence electrons. The second kappa shape index (κ2) is 7.08. The van der Waals surface area contributed by atoms with E-state index >= 15 is 0 Å². The maximum atomic E-state index is 11.9. The number of hydrogen-bond donors (Lipinski definition) is 1. The van der Waals surface area contributed by atoms with Crippen LogP contribution in [0, 0.1) is 18.3 Å². The number of nitrogens with zero attached hydrogens (tertiary/aromatic N) is 2. The summed E-state index contributed by atoms with van der Waals surface area (Å²) in [7, 11) is 1.43. The lowest BCUT2D eigenvalue weighted by molar-refractivity contribution is 0.397. The predicted octanol–water partition coefficient (Wildman–Crippen LogP) is 3.67. The Bertz CT molecular complexity index is 1090. The molecule has 5 heteroatoms. The van der Waals surface area contributed by atoms with E-state index in [0.29, 0.717) is 16.8 Å². The molecule has 0 aliphatic rings. The van der Waals surface area contributed by atoms with Crippen molar-refractivity contribution in [2.75, 3.05) is 7.11 Å². The summed E-state index contributed by atoms with van der Waals surface area (Å²) in [6, 6.07) is 17.6. The van der Waals surface area contributed by atoms with Crippen LogP contribution in [0.25, 0.3) is 22.4 Å². The van der Waals surface area contributed by atoms with Gasteiger partial charge >= 0.3 is 0 Å². The highest BCUT2D eigenvalue weighted by Gasteiger charge is 2.17. The fraction of sp³-hybridized carbons (Fsp3) is 0.0952. The van der Waals surface area contributed by atoms with E-state index in [9.17, 15) is 15.2 Å². The van der Waals surface area contributed by atoms with Crippen molar-refractivity contribution in [2.24, 2.45) is 0 Å². The Hall–Kier alpha value is -3.65. The average molecular weight is 344 g/mol. The van der Waals surface area contributed by atoms with Gasteiger partial charge in [0.2, 0.25) is 11.3 Å². The summed E-state index contributed by atoms with van der Waals surface area (Å²) in [4.78, 5) is 16.3. The molecular weight excluding hydrogens is 328 g/mol. The van der Waals surface area contributed by atoms with E-state index in [-0.39, 0.29) is 11.4 Å². The van der Waals surface area contributed by atoms with Crippen LogP contribution < -0.4 is 10.2 Å². The maximum absolute atomic E-state index is 11.9. The van der Waals surface area contributed by atoms with Crippen molar-refractivity contribution >= 4 is 0 Å². The van der Waals surface area contributed by atoms with Gasteiger partial charge in [0.1, 0.15) is 11.6 Å². The first-order valence-corrected chi connectivity index (χ1v) is 7.94. The number of rotatable bonds is 3. The number of aryl methyl sites for hydroxylation is 1. The van der Waals surface area contributed by atoms with Gasteiger partial charge in [0.25, 0.3) is 0 Å². The molecule has 26 heavy (non-hydrogen) atoms. The Morgan fingerprint density at radius 2 is 1.85 bits per heavy atom. The van der Waals surface area contributed by atoms with Gasteiger partial charge in [-0.2, -0.15) is 5.26 Å². The molecule has 0 fully saturated rings. The third kappa shape index (κ3) is 3.13. The molecule has 3 rings (SSSR count). The molecular formula is C21H16N2O3. The van der Waals surface area contributed by atoms with E-state index in [1.165, 1.54) is 13.2 Å². The maximum Gasteiger partial charge on any atom is 0.232 e. The minimum Gasteiger partial charge on any atom is -0.504 e. The lowest BCUT2D eigenvalue weighted by Crippen LogP contribution is -2.00. The van der Waals surface area contributed by atoms with Crippen molar-refractivity contribution < 1.29 is 9.84 Å². The summed E-state index contributed by atoms with van der Waals surface area (Å²) in [5.74, 6) is -0.260. The minimum atomic E-state index is -0.507. The van der Waals surface area contributed by atoms with Crippen LogP contribution in [0.15, 0.2) is 59.4 Å². The number of ether oxygens (including phenoxy) is 1. The SMILES string of the molecule is COc1nc(-c2ccccc(=O)c2O)cc(-c2cccc(C)c2)c1C#N. The lowest BCUT2D eigenvalue weighted by atomic mass is 9.97. The number of nitriles is 1. The highest BCUT2D eigenvalue weighted by Crippen LogP contribution is 2.35. The zero-order chi connectivity index (χ0) is 18.7. The summed E-state index contributed by atoms with van der Waals surface area (Å²) >= 11 is 0. The van der Waals surface area contributed by atoms with Crippen LogP contribution in [0.4, 0.5) is 0 Å². The summed E-state index contributed by atoms with van der Waals surface area (Å²) in [6.45, 7) is 1.96. The Balaban J connectivity index is 2.36. The topological polar surface area (TPSA) is 83.2 Å². The molecule has 0 atom stereocenters. The summed E-state index contributed by atoms with van der Waals surface area (Å²) < 4.78 is 5.29. The fourth-order valence-electron chi connectivity index (χ4n) is 2.75. The highest BCUT2D eigenvalue weighted by atomic mass is 16.5. The predicted molar refractivity (Wildman–Crippen MR) is 99.0 cm³/mol. The van der Waals surface area contributed by atoms with Crippen molar-refractivity contribution in [3.63, 3.8) is 0 Å². The minimum absolute atomic E-state index is 0.139. The van der Waals surface area contributed by atoms with Gasteiger partial charge in [0.15, 0.2) is 5.75 Å². The first-order chi connectivity index (χ1) is 12.5. The second-order valence-corrected chi connectivity index (χ2v) is 5.77. The Morgan fingerprint density at radius 3 is 2.54 bits per heavy atom. The number of pyridine rings is 1. The van der Waals surface area contributed by atoms with Gasteiger partial charge in [0, 0.05) is 11.1 Å².